The Morgan fingerprint density at radius 3 is 2.06 bits per heavy atom. The lowest BCUT2D eigenvalue weighted by Crippen LogP contribution is -2.45. The summed E-state index contributed by atoms with van der Waals surface area (Å²) < 4.78 is 52.8. The quantitative estimate of drug-likeness (QED) is 0.508. The highest BCUT2D eigenvalue weighted by Crippen LogP contribution is 2.22. The van der Waals surface area contributed by atoms with Crippen LogP contribution in [0.4, 0.5) is 17.3 Å². The number of nitrogens with one attached hydrogen (secondary N) is 2. The van der Waals surface area contributed by atoms with Gasteiger partial charge >= 0.3 is 0 Å². The topological polar surface area (TPSA) is 138 Å². The summed E-state index contributed by atoms with van der Waals surface area (Å²) in [6.07, 6.45) is 3.83. The lowest BCUT2D eigenvalue weighted by Gasteiger charge is -2.28. The van der Waals surface area contributed by atoms with Crippen molar-refractivity contribution in [2.24, 2.45) is 0 Å². The van der Waals surface area contributed by atoms with Gasteiger partial charge < -0.3 is 5.32 Å². The van der Waals surface area contributed by atoms with E-state index in [4.69, 9.17) is 0 Å². The molecule has 1 heterocycles. The number of amides is 1. The molecule has 0 spiro atoms. The van der Waals surface area contributed by atoms with Crippen molar-refractivity contribution in [1.29, 1.82) is 0 Å². The van der Waals surface area contributed by atoms with Crippen molar-refractivity contribution in [2.75, 3.05) is 20.6 Å². The molecule has 1 amide bonds. The van der Waals surface area contributed by atoms with Crippen LogP contribution in [-0.4, -0.2) is 45.0 Å². The van der Waals surface area contributed by atoms with Crippen molar-refractivity contribution in [3.8, 4) is 0 Å². The molecular formula is C20H21N5O5S2. The van der Waals surface area contributed by atoms with Crippen molar-refractivity contribution in [3.05, 3.63) is 73.1 Å². The third-order valence-corrected chi connectivity index (χ3v) is 6.91. The average Bonchev–Trinajstić information content (AvgIpc) is 2.74. The zero-order valence-electron chi connectivity index (χ0n) is 17.2. The molecule has 2 aromatic carbocycles. The maximum absolute atomic E-state index is 12.7. The summed E-state index contributed by atoms with van der Waals surface area (Å²) in [5, 5.41) is 2.61. The van der Waals surface area contributed by atoms with Crippen LogP contribution in [0.5, 0.6) is 0 Å². The predicted octanol–water partition coefficient (Wildman–Crippen LogP) is 2.07. The minimum atomic E-state index is -3.92. The monoisotopic (exact) mass is 475 g/mol. The molecule has 0 aliphatic rings. The van der Waals surface area contributed by atoms with Gasteiger partial charge in [-0.25, -0.2) is 31.5 Å². The van der Waals surface area contributed by atoms with E-state index in [1.54, 1.807) is 36.4 Å². The van der Waals surface area contributed by atoms with Crippen molar-refractivity contribution < 1.29 is 21.6 Å². The number of nitrogens with zero attached hydrogens (tertiary/aromatic N) is 3. The number of hydrogen-bond acceptors (Lipinski definition) is 7. The SMILES string of the molecule is CC(C(=O)Nc1ccc(S(=O)(=O)Nc2ncccn2)cc1)N(c1ccccc1)S(C)(=O)=O. The molecule has 3 rings (SSSR count). The zero-order valence-corrected chi connectivity index (χ0v) is 18.8. The van der Waals surface area contributed by atoms with E-state index in [-0.39, 0.29) is 10.8 Å². The fourth-order valence-electron chi connectivity index (χ4n) is 2.88. The van der Waals surface area contributed by atoms with Crippen LogP contribution in [0.1, 0.15) is 6.92 Å². The normalized spacial score (nSPS) is 12.6. The van der Waals surface area contributed by atoms with E-state index in [9.17, 15) is 21.6 Å². The Balaban J connectivity index is 1.75. The van der Waals surface area contributed by atoms with Gasteiger partial charge in [-0.3, -0.25) is 9.10 Å². The Kier molecular flexibility index (Phi) is 6.75. The Morgan fingerprint density at radius 1 is 0.906 bits per heavy atom. The molecule has 1 aromatic heterocycles. The van der Waals surface area contributed by atoms with E-state index in [1.807, 2.05) is 0 Å². The van der Waals surface area contributed by atoms with Gasteiger partial charge in [0, 0.05) is 18.1 Å². The lowest BCUT2D eigenvalue weighted by molar-refractivity contribution is -0.116. The molecule has 3 aromatic rings. The molecule has 168 valence electrons. The van der Waals surface area contributed by atoms with E-state index in [0.717, 1.165) is 10.6 Å². The summed E-state index contributed by atoms with van der Waals surface area (Å²) in [5.41, 5.74) is 0.659. The van der Waals surface area contributed by atoms with Crippen LogP contribution in [0.15, 0.2) is 78.0 Å². The van der Waals surface area contributed by atoms with Gasteiger partial charge in [-0.05, 0) is 49.4 Å². The highest BCUT2D eigenvalue weighted by atomic mass is 32.2. The van der Waals surface area contributed by atoms with Gasteiger partial charge in [0.2, 0.25) is 21.9 Å². The largest absolute Gasteiger partial charge is 0.324 e. The number of rotatable bonds is 8. The number of sulfonamides is 2. The van der Waals surface area contributed by atoms with Gasteiger partial charge in [0.05, 0.1) is 16.8 Å². The summed E-state index contributed by atoms with van der Waals surface area (Å²) in [5.74, 6) is -0.647. The van der Waals surface area contributed by atoms with Gasteiger partial charge in [-0.15, -0.1) is 0 Å². The molecule has 0 radical (unpaired) electrons. The third-order valence-electron chi connectivity index (χ3n) is 4.32. The smallest absolute Gasteiger partial charge is 0.264 e. The first-order valence-electron chi connectivity index (χ1n) is 9.33. The molecule has 0 aliphatic carbocycles. The van der Waals surface area contributed by atoms with Crippen LogP contribution in [0.2, 0.25) is 0 Å². The molecule has 1 unspecified atom stereocenters. The van der Waals surface area contributed by atoms with E-state index in [0.29, 0.717) is 11.4 Å². The maximum Gasteiger partial charge on any atom is 0.264 e. The number of para-hydroxylation sites is 1. The van der Waals surface area contributed by atoms with E-state index < -0.39 is 32.0 Å². The van der Waals surface area contributed by atoms with E-state index in [2.05, 4.69) is 20.0 Å². The minimum absolute atomic E-state index is 0.0574. The fraction of sp³-hybridized carbons (Fsp3) is 0.150. The Hall–Kier alpha value is -3.51. The Bertz CT molecular complexity index is 1280. The molecule has 1 atom stereocenters. The van der Waals surface area contributed by atoms with Crippen LogP contribution in [0.3, 0.4) is 0 Å². The van der Waals surface area contributed by atoms with Crippen molar-refractivity contribution >= 4 is 43.3 Å². The van der Waals surface area contributed by atoms with Gasteiger partial charge in [-0.1, -0.05) is 18.2 Å². The first-order chi connectivity index (χ1) is 15.1. The number of anilines is 3. The molecule has 0 aliphatic heterocycles. The van der Waals surface area contributed by atoms with Crippen LogP contribution in [0.25, 0.3) is 0 Å². The highest BCUT2D eigenvalue weighted by Gasteiger charge is 2.29. The molecule has 12 heteroatoms. The molecule has 32 heavy (non-hydrogen) atoms. The van der Waals surface area contributed by atoms with Crippen LogP contribution >= 0.6 is 0 Å². The molecule has 10 nitrogen and oxygen atoms in total. The number of hydrogen-bond donors (Lipinski definition) is 2. The van der Waals surface area contributed by atoms with Gasteiger partial charge in [-0.2, -0.15) is 0 Å². The minimum Gasteiger partial charge on any atom is -0.324 e. The average molecular weight is 476 g/mol. The van der Waals surface area contributed by atoms with Crippen molar-refractivity contribution in [3.63, 3.8) is 0 Å². The summed E-state index contributed by atoms with van der Waals surface area (Å²) in [6.45, 7) is 1.46. The molecule has 0 fully saturated rings. The van der Waals surface area contributed by atoms with Gasteiger partial charge in [0.25, 0.3) is 10.0 Å². The highest BCUT2D eigenvalue weighted by molar-refractivity contribution is 7.92. The number of carbonyl (C=O) groups is 1. The zero-order chi connectivity index (χ0) is 23.4. The molecule has 2 N–H and O–H groups in total. The summed E-state index contributed by atoms with van der Waals surface area (Å²) >= 11 is 0. The first-order valence-corrected chi connectivity index (χ1v) is 12.7. The first kappa shape index (κ1) is 23.2. The van der Waals surface area contributed by atoms with Gasteiger partial charge in [0.1, 0.15) is 6.04 Å². The Labute approximate surface area is 186 Å². The van der Waals surface area contributed by atoms with Gasteiger partial charge in [0.15, 0.2) is 0 Å². The van der Waals surface area contributed by atoms with E-state index >= 15 is 0 Å². The summed E-state index contributed by atoms with van der Waals surface area (Å²) in [6, 6.07) is 14.2. The standard InChI is InChI=1S/C20H21N5O5S2/c1-15(25(31(2,27)28)17-7-4-3-5-8-17)19(26)23-16-9-11-18(12-10-16)32(29,30)24-20-21-13-6-14-22-20/h3-15H,1-2H3,(H,23,26)(H,21,22,24). The summed E-state index contributed by atoms with van der Waals surface area (Å²) in [7, 11) is -7.66. The number of benzene rings is 2. The van der Waals surface area contributed by atoms with E-state index in [1.165, 1.54) is 43.6 Å². The van der Waals surface area contributed by atoms with Crippen LogP contribution in [0, 0.1) is 0 Å². The maximum atomic E-state index is 12.7. The molecule has 0 saturated heterocycles. The van der Waals surface area contributed by atoms with Crippen LogP contribution < -0.4 is 14.3 Å². The second-order valence-electron chi connectivity index (χ2n) is 6.76. The van der Waals surface area contributed by atoms with Crippen LogP contribution in [-0.2, 0) is 24.8 Å². The van der Waals surface area contributed by atoms with Crippen molar-refractivity contribution in [2.45, 2.75) is 17.9 Å². The summed E-state index contributed by atoms with van der Waals surface area (Å²) in [4.78, 5) is 20.3. The number of aromatic nitrogens is 2. The lowest BCUT2D eigenvalue weighted by atomic mass is 10.2. The molecule has 0 bridgehead atoms. The second-order valence-corrected chi connectivity index (χ2v) is 10.3. The van der Waals surface area contributed by atoms with Crippen molar-refractivity contribution in [1.82, 2.24) is 9.97 Å². The fourth-order valence-corrected chi connectivity index (χ4v) is 5.01. The number of carbonyl (C=O) groups excluding carboxylic acids is 1. The third kappa shape index (κ3) is 5.59. The predicted molar refractivity (Wildman–Crippen MR) is 121 cm³/mol. The second kappa shape index (κ2) is 9.32. The Morgan fingerprint density at radius 2 is 1.50 bits per heavy atom. The molecule has 0 saturated carbocycles. The molecular weight excluding hydrogens is 454 g/mol.